The summed E-state index contributed by atoms with van der Waals surface area (Å²) in [6.45, 7) is 4.00. The van der Waals surface area contributed by atoms with Crippen LogP contribution in [0.5, 0.6) is 5.75 Å². The number of hydrazine groups is 1. The Morgan fingerprint density at radius 1 is 1.15 bits per heavy atom. The van der Waals surface area contributed by atoms with Crippen LogP contribution in [-0.2, 0) is 14.4 Å². The van der Waals surface area contributed by atoms with E-state index in [4.69, 9.17) is 10.6 Å². The Labute approximate surface area is 160 Å². The Kier molecular flexibility index (Phi) is 7.40. The molecule has 1 saturated heterocycles. The lowest BCUT2D eigenvalue weighted by Crippen LogP contribution is -2.51. The maximum Gasteiger partial charge on any atom is 0.243 e. The zero-order valence-corrected chi connectivity index (χ0v) is 16.3. The number of hydrogen-bond donors (Lipinski definition) is 2. The van der Waals surface area contributed by atoms with Crippen LogP contribution >= 0.6 is 15.9 Å². The number of amides is 3. The molecule has 0 aromatic heterocycles. The average Bonchev–Trinajstić information content (AvgIpc) is 2.64. The number of ether oxygens (including phenoxy) is 1. The van der Waals surface area contributed by atoms with Gasteiger partial charge in [0.25, 0.3) is 0 Å². The van der Waals surface area contributed by atoms with Gasteiger partial charge in [-0.2, -0.15) is 0 Å². The van der Waals surface area contributed by atoms with Crippen molar-refractivity contribution >= 4 is 33.7 Å². The molecule has 1 aromatic carbocycles. The Hall–Kier alpha value is -2.13. The highest BCUT2D eigenvalue weighted by Crippen LogP contribution is 2.21. The molecule has 142 valence electrons. The Morgan fingerprint density at radius 2 is 1.77 bits per heavy atom. The highest BCUT2D eigenvalue weighted by atomic mass is 79.9. The highest BCUT2D eigenvalue weighted by Gasteiger charge is 2.24. The molecule has 3 N–H and O–H groups in total. The molecule has 8 nitrogen and oxygen atoms in total. The van der Waals surface area contributed by atoms with Gasteiger partial charge < -0.3 is 14.5 Å². The van der Waals surface area contributed by atoms with Crippen LogP contribution in [0.25, 0.3) is 0 Å². The first-order valence-corrected chi connectivity index (χ1v) is 9.14. The molecule has 3 amide bonds. The summed E-state index contributed by atoms with van der Waals surface area (Å²) in [5.41, 5.74) is 3.01. The molecule has 0 spiro atoms. The maximum atomic E-state index is 12.3. The van der Waals surface area contributed by atoms with Crippen molar-refractivity contribution in [1.29, 1.82) is 0 Å². The summed E-state index contributed by atoms with van der Waals surface area (Å²) in [6.07, 6.45) is 0.00350. The first-order chi connectivity index (χ1) is 12.4. The van der Waals surface area contributed by atoms with Crippen LogP contribution in [0.1, 0.15) is 18.4 Å². The van der Waals surface area contributed by atoms with Gasteiger partial charge in [0.2, 0.25) is 17.7 Å². The molecule has 26 heavy (non-hydrogen) atoms. The van der Waals surface area contributed by atoms with E-state index in [1.165, 1.54) is 0 Å². The lowest BCUT2D eigenvalue weighted by Gasteiger charge is -2.34. The quantitative estimate of drug-likeness (QED) is 0.299. The number of aryl methyl sites for hydroxylation is 1. The molecule has 0 radical (unpaired) electrons. The molecule has 0 atom stereocenters. The normalized spacial score (nSPS) is 14.1. The van der Waals surface area contributed by atoms with Crippen LogP contribution in [0.4, 0.5) is 0 Å². The van der Waals surface area contributed by atoms with Crippen LogP contribution in [0, 0.1) is 6.92 Å². The molecular formula is C17H23BrN4O4. The van der Waals surface area contributed by atoms with Crippen LogP contribution in [0.15, 0.2) is 22.7 Å². The first kappa shape index (κ1) is 20.2. The maximum absolute atomic E-state index is 12.3. The van der Waals surface area contributed by atoms with Gasteiger partial charge in [0.05, 0.1) is 13.0 Å². The molecular weight excluding hydrogens is 404 g/mol. The Bertz CT molecular complexity index is 675. The minimum Gasteiger partial charge on any atom is -0.493 e. The fourth-order valence-electron chi connectivity index (χ4n) is 2.63. The van der Waals surface area contributed by atoms with Crippen LogP contribution in [-0.4, -0.2) is 60.3 Å². The van der Waals surface area contributed by atoms with Gasteiger partial charge in [-0.15, -0.1) is 0 Å². The van der Waals surface area contributed by atoms with Crippen molar-refractivity contribution in [3.63, 3.8) is 0 Å². The highest BCUT2D eigenvalue weighted by molar-refractivity contribution is 9.10. The van der Waals surface area contributed by atoms with Crippen molar-refractivity contribution in [2.24, 2.45) is 5.84 Å². The van der Waals surface area contributed by atoms with E-state index >= 15 is 0 Å². The van der Waals surface area contributed by atoms with Gasteiger partial charge in [-0.1, -0.05) is 15.9 Å². The van der Waals surface area contributed by atoms with Crippen LogP contribution in [0.2, 0.25) is 0 Å². The van der Waals surface area contributed by atoms with Gasteiger partial charge in [0.1, 0.15) is 12.2 Å². The summed E-state index contributed by atoms with van der Waals surface area (Å²) >= 11 is 3.43. The standard InChI is InChI=1S/C17H23BrN4O4/c1-12-10-13(2-3-14(12)18)26-9-4-16(24)21-5-7-22(8-6-21)17(25)11-15(23)20-19/h2-3,10H,4-9,11,19H2,1H3,(H,20,23). The minimum atomic E-state index is -0.520. The summed E-state index contributed by atoms with van der Waals surface area (Å²) < 4.78 is 6.64. The zero-order valence-electron chi connectivity index (χ0n) is 14.7. The molecule has 1 fully saturated rings. The van der Waals surface area contributed by atoms with Gasteiger partial charge >= 0.3 is 0 Å². The van der Waals surface area contributed by atoms with Crippen molar-refractivity contribution in [2.75, 3.05) is 32.8 Å². The van der Waals surface area contributed by atoms with E-state index in [1.54, 1.807) is 9.80 Å². The summed E-state index contributed by atoms with van der Waals surface area (Å²) in [4.78, 5) is 38.6. The topological polar surface area (TPSA) is 105 Å². The molecule has 0 saturated carbocycles. The molecule has 9 heteroatoms. The number of rotatable bonds is 6. The predicted molar refractivity (Wildman–Crippen MR) is 99.1 cm³/mol. The Morgan fingerprint density at radius 3 is 2.35 bits per heavy atom. The van der Waals surface area contributed by atoms with Crippen molar-refractivity contribution in [1.82, 2.24) is 15.2 Å². The van der Waals surface area contributed by atoms with Gasteiger partial charge in [0.15, 0.2) is 0 Å². The number of carbonyl (C=O) groups is 3. The van der Waals surface area contributed by atoms with Gasteiger partial charge in [-0.25, -0.2) is 5.84 Å². The fourth-order valence-corrected chi connectivity index (χ4v) is 2.87. The average molecular weight is 427 g/mol. The van der Waals surface area contributed by atoms with Crippen molar-refractivity contribution in [3.8, 4) is 5.75 Å². The number of hydrogen-bond acceptors (Lipinski definition) is 5. The van der Waals surface area contributed by atoms with Crippen LogP contribution < -0.4 is 16.0 Å². The summed E-state index contributed by atoms with van der Waals surface area (Å²) in [6, 6.07) is 5.67. The summed E-state index contributed by atoms with van der Waals surface area (Å²) in [5, 5.41) is 0. The van der Waals surface area contributed by atoms with E-state index in [0.29, 0.717) is 32.8 Å². The van der Waals surface area contributed by atoms with Gasteiger partial charge in [-0.05, 0) is 30.7 Å². The van der Waals surface area contributed by atoms with E-state index in [0.717, 1.165) is 15.8 Å². The summed E-state index contributed by atoms with van der Waals surface area (Å²) in [7, 11) is 0. The number of benzene rings is 1. The third-order valence-corrected chi connectivity index (χ3v) is 5.06. The Balaban J connectivity index is 1.71. The summed E-state index contributed by atoms with van der Waals surface area (Å²) in [5.74, 6) is 4.90. The molecule has 1 heterocycles. The van der Waals surface area contributed by atoms with Crippen LogP contribution in [0.3, 0.4) is 0 Å². The number of nitrogens with one attached hydrogen (secondary N) is 1. The number of carbonyl (C=O) groups excluding carboxylic acids is 3. The minimum absolute atomic E-state index is 0.00867. The van der Waals surface area contributed by atoms with E-state index in [-0.39, 0.29) is 24.7 Å². The second kappa shape index (κ2) is 9.54. The van der Waals surface area contributed by atoms with E-state index in [9.17, 15) is 14.4 Å². The van der Waals surface area contributed by atoms with E-state index in [2.05, 4.69) is 15.9 Å². The number of halogens is 1. The monoisotopic (exact) mass is 426 g/mol. The number of piperazine rings is 1. The molecule has 0 bridgehead atoms. The van der Waals surface area contributed by atoms with Crippen molar-refractivity contribution in [2.45, 2.75) is 19.8 Å². The zero-order chi connectivity index (χ0) is 19.1. The predicted octanol–water partition coefficient (Wildman–Crippen LogP) is 0.577. The number of nitrogens with two attached hydrogens (primary N) is 1. The second-order valence-electron chi connectivity index (χ2n) is 6.02. The molecule has 0 aliphatic carbocycles. The van der Waals surface area contributed by atoms with Gasteiger partial charge in [0, 0.05) is 30.7 Å². The van der Waals surface area contributed by atoms with Crippen molar-refractivity contribution < 1.29 is 19.1 Å². The SMILES string of the molecule is Cc1cc(OCCC(=O)N2CCN(C(=O)CC(=O)NN)CC2)ccc1Br. The third-order valence-electron chi connectivity index (χ3n) is 4.17. The second-order valence-corrected chi connectivity index (χ2v) is 6.87. The van der Waals surface area contributed by atoms with E-state index < -0.39 is 5.91 Å². The molecule has 1 aliphatic rings. The first-order valence-electron chi connectivity index (χ1n) is 8.34. The van der Waals surface area contributed by atoms with Gasteiger partial charge in [-0.3, -0.25) is 19.8 Å². The lowest BCUT2D eigenvalue weighted by atomic mass is 10.2. The molecule has 2 rings (SSSR count). The third kappa shape index (κ3) is 5.70. The molecule has 0 unspecified atom stereocenters. The van der Waals surface area contributed by atoms with E-state index in [1.807, 2.05) is 30.5 Å². The smallest absolute Gasteiger partial charge is 0.243 e. The largest absolute Gasteiger partial charge is 0.493 e. The van der Waals surface area contributed by atoms with Crippen molar-refractivity contribution in [3.05, 3.63) is 28.2 Å². The lowest BCUT2D eigenvalue weighted by molar-refractivity contribution is -0.142. The molecule has 1 aromatic rings. The molecule has 1 aliphatic heterocycles. The fraction of sp³-hybridized carbons (Fsp3) is 0.471. The number of nitrogens with zero attached hydrogens (tertiary/aromatic N) is 2.